The van der Waals surface area contributed by atoms with Gasteiger partial charge in [0.2, 0.25) is 5.75 Å². The van der Waals surface area contributed by atoms with Crippen LogP contribution in [0.4, 0.5) is 0 Å². The summed E-state index contributed by atoms with van der Waals surface area (Å²) in [6.45, 7) is 1.08. The molecule has 0 unspecified atom stereocenters. The highest BCUT2D eigenvalue weighted by molar-refractivity contribution is 9.14. The van der Waals surface area contributed by atoms with Crippen LogP contribution in [0, 0.1) is 0 Å². The van der Waals surface area contributed by atoms with E-state index in [1.54, 1.807) is 7.11 Å². The van der Waals surface area contributed by atoms with Gasteiger partial charge in [0, 0.05) is 0 Å². The third-order valence-corrected chi connectivity index (χ3v) is 5.35. The van der Waals surface area contributed by atoms with Crippen molar-refractivity contribution in [3.05, 3.63) is 13.4 Å². The van der Waals surface area contributed by atoms with E-state index in [1.807, 2.05) is 0 Å². The summed E-state index contributed by atoms with van der Waals surface area (Å²) >= 11 is 10.3. The average Bonchev–Trinajstić information content (AvgIpc) is 2.27. The van der Waals surface area contributed by atoms with E-state index >= 15 is 0 Å². The van der Waals surface area contributed by atoms with E-state index < -0.39 is 0 Å². The van der Waals surface area contributed by atoms with Gasteiger partial charge in [-0.2, -0.15) is 0 Å². The van der Waals surface area contributed by atoms with Crippen molar-refractivity contribution in [1.82, 2.24) is 0 Å². The molecule has 0 fully saturated rings. The van der Waals surface area contributed by atoms with Crippen molar-refractivity contribution < 1.29 is 14.2 Å². The molecule has 0 radical (unpaired) electrons. The molecule has 0 aliphatic carbocycles. The molecule has 0 aromatic heterocycles. The van der Waals surface area contributed by atoms with Crippen molar-refractivity contribution in [1.29, 1.82) is 0 Å². The van der Waals surface area contributed by atoms with Gasteiger partial charge in [0.15, 0.2) is 11.5 Å². The van der Waals surface area contributed by atoms with Crippen LogP contribution in [0.1, 0.15) is 0 Å². The Morgan fingerprint density at radius 3 is 2.13 bits per heavy atom. The summed E-state index contributed by atoms with van der Waals surface area (Å²) < 4.78 is 18.8. The predicted octanol–water partition coefficient (Wildman–Crippen LogP) is 3.75. The maximum atomic E-state index is 5.53. The molecule has 6 heteroatoms. The number of hydrogen-bond donors (Lipinski definition) is 0. The molecule has 1 aromatic rings. The van der Waals surface area contributed by atoms with Crippen LogP contribution in [0.2, 0.25) is 0 Å². The van der Waals surface area contributed by atoms with Crippen molar-refractivity contribution in [2.24, 2.45) is 0 Å². The van der Waals surface area contributed by atoms with E-state index in [1.165, 1.54) is 0 Å². The Hall–Kier alpha value is 0.0600. The third kappa shape index (κ3) is 1.87. The minimum atomic E-state index is 0.532. The van der Waals surface area contributed by atoms with Gasteiger partial charge in [-0.15, -0.1) is 0 Å². The molecule has 0 atom stereocenters. The molecule has 1 aliphatic heterocycles. The lowest BCUT2D eigenvalue weighted by molar-refractivity contribution is 0.163. The monoisotopic (exact) mass is 400 g/mol. The molecule has 2 rings (SSSR count). The van der Waals surface area contributed by atoms with Crippen LogP contribution >= 0.6 is 47.8 Å². The van der Waals surface area contributed by atoms with Crippen LogP contribution in [0.5, 0.6) is 17.2 Å². The van der Waals surface area contributed by atoms with Crippen molar-refractivity contribution in [2.45, 2.75) is 0 Å². The number of ether oxygens (including phenoxy) is 3. The predicted molar refractivity (Wildman–Crippen MR) is 67.1 cm³/mol. The Morgan fingerprint density at radius 1 is 0.933 bits per heavy atom. The quantitative estimate of drug-likeness (QED) is 0.669. The molecular weight excluding hydrogens is 396 g/mol. The number of rotatable bonds is 1. The summed E-state index contributed by atoms with van der Waals surface area (Å²) in [4.78, 5) is 0. The molecule has 0 saturated carbocycles. The van der Waals surface area contributed by atoms with Crippen LogP contribution < -0.4 is 14.2 Å². The van der Waals surface area contributed by atoms with E-state index in [0.717, 1.165) is 13.4 Å². The largest absolute Gasteiger partial charge is 0.492 e. The molecule has 0 spiro atoms. The van der Waals surface area contributed by atoms with Crippen LogP contribution in [0.15, 0.2) is 13.4 Å². The smallest absolute Gasteiger partial charge is 0.206 e. The van der Waals surface area contributed by atoms with E-state index in [4.69, 9.17) is 14.2 Å². The summed E-state index contributed by atoms with van der Waals surface area (Å²) in [5.74, 6) is 1.94. The lowest BCUT2D eigenvalue weighted by Gasteiger charge is -2.23. The molecule has 1 heterocycles. The minimum Gasteiger partial charge on any atom is -0.492 e. The van der Waals surface area contributed by atoms with Gasteiger partial charge in [0.05, 0.1) is 20.5 Å². The molecule has 15 heavy (non-hydrogen) atoms. The van der Waals surface area contributed by atoms with Gasteiger partial charge in [-0.1, -0.05) is 0 Å². The van der Waals surface area contributed by atoms with Gasteiger partial charge in [-0.25, -0.2) is 0 Å². The molecule has 0 amide bonds. The number of methoxy groups -OCH3 is 1. The fourth-order valence-corrected chi connectivity index (χ4v) is 2.99. The molecule has 0 bridgehead atoms. The average molecular weight is 403 g/mol. The Morgan fingerprint density at radius 2 is 1.53 bits per heavy atom. The number of benzene rings is 1. The lowest BCUT2D eigenvalue weighted by atomic mass is 10.3. The zero-order chi connectivity index (χ0) is 11.0. The van der Waals surface area contributed by atoms with E-state index in [0.29, 0.717) is 30.5 Å². The summed E-state index contributed by atoms with van der Waals surface area (Å²) in [5, 5.41) is 0. The highest BCUT2D eigenvalue weighted by atomic mass is 79.9. The molecular formula is C9H7Br3O3. The molecule has 82 valence electrons. The Balaban J connectivity index is 2.70. The van der Waals surface area contributed by atoms with E-state index in [9.17, 15) is 0 Å². The number of fused-ring (bicyclic) bond motifs is 1. The standard InChI is InChI=1S/C9H7Br3O3/c1-13-7-5(11)4(10)6(12)8-9(7)15-3-2-14-8/h2-3H2,1H3. The highest BCUT2D eigenvalue weighted by Crippen LogP contribution is 2.53. The van der Waals surface area contributed by atoms with E-state index in [-0.39, 0.29) is 0 Å². The second-order valence-electron chi connectivity index (χ2n) is 2.83. The summed E-state index contributed by atoms with van der Waals surface area (Å²) in [6.07, 6.45) is 0. The topological polar surface area (TPSA) is 27.7 Å². The molecule has 3 nitrogen and oxygen atoms in total. The Kier molecular flexibility index (Phi) is 3.47. The molecule has 0 N–H and O–H groups in total. The maximum Gasteiger partial charge on any atom is 0.206 e. The first-order valence-electron chi connectivity index (χ1n) is 4.16. The fourth-order valence-electron chi connectivity index (χ4n) is 1.33. The highest BCUT2D eigenvalue weighted by Gasteiger charge is 2.26. The minimum absolute atomic E-state index is 0.532. The Bertz CT molecular complexity index is 383. The van der Waals surface area contributed by atoms with Gasteiger partial charge in [-0.3, -0.25) is 0 Å². The van der Waals surface area contributed by atoms with Crippen molar-refractivity contribution in [3.63, 3.8) is 0 Å². The van der Waals surface area contributed by atoms with Crippen molar-refractivity contribution in [2.75, 3.05) is 20.3 Å². The van der Waals surface area contributed by atoms with Crippen molar-refractivity contribution in [3.8, 4) is 17.2 Å². The second kappa shape index (κ2) is 4.51. The zero-order valence-corrected chi connectivity index (χ0v) is 12.5. The first-order valence-corrected chi connectivity index (χ1v) is 6.54. The maximum absolute atomic E-state index is 5.53. The third-order valence-electron chi connectivity index (χ3n) is 1.98. The van der Waals surface area contributed by atoms with Gasteiger partial charge in [-0.05, 0) is 47.8 Å². The van der Waals surface area contributed by atoms with Crippen LogP contribution in [-0.2, 0) is 0 Å². The first-order chi connectivity index (χ1) is 7.16. The van der Waals surface area contributed by atoms with Crippen molar-refractivity contribution >= 4 is 47.8 Å². The molecule has 0 saturated heterocycles. The van der Waals surface area contributed by atoms with Gasteiger partial charge >= 0.3 is 0 Å². The summed E-state index contributed by atoms with van der Waals surface area (Å²) in [7, 11) is 1.60. The van der Waals surface area contributed by atoms with Gasteiger partial charge in [0.1, 0.15) is 13.2 Å². The fraction of sp³-hybridized carbons (Fsp3) is 0.333. The molecule has 1 aromatic carbocycles. The lowest BCUT2D eigenvalue weighted by Crippen LogP contribution is -2.16. The Labute approximate surface area is 112 Å². The normalized spacial score (nSPS) is 13.9. The molecule has 1 aliphatic rings. The summed E-state index contributed by atoms with van der Waals surface area (Å²) in [6, 6.07) is 0. The second-order valence-corrected chi connectivity index (χ2v) is 5.21. The number of hydrogen-bond acceptors (Lipinski definition) is 3. The number of halogens is 3. The van der Waals surface area contributed by atoms with Crippen LogP contribution in [-0.4, -0.2) is 20.3 Å². The van der Waals surface area contributed by atoms with Crippen LogP contribution in [0.25, 0.3) is 0 Å². The summed E-state index contributed by atoms with van der Waals surface area (Å²) in [5.41, 5.74) is 0. The van der Waals surface area contributed by atoms with Gasteiger partial charge in [0.25, 0.3) is 0 Å². The SMILES string of the molecule is COc1c(Br)c(Br)c(Br)c2c1OCCO2. The van der Waals surface area contributed by atoms with E-state index in [2.05, 4.69) is 47.8 Å². The van der Waals surface area contributed by atoms with Crippen LogP contribution in [0.3, 0.4) is 0 Å². The first kappa shape index (κ1) is 11.5. The van der Waals surface area contributed by atoms with Gasteiger partial charge < -0.3 is 14.2 Å². The zero-order valence-electron chi connectivity index (χ0n) is 7.77.